The van der Waals surface area contributed by atoms with Crippen LogP contribution in [0.4, 0.5) is 0 Å². The molecule has 49 heavy (non-hydrogen) atoms. The van der Waals surface area contributed by atoms with Crippen molar-refractivity contribution in [3.05, 3.63) is 71.8 Å². The van der Waals surface area contributed by atoms with E-state index in [1.54, 1.807) is 4.90 Å². The van der Waals surface area contributed by atoms with Crippen molar-refractivity contribution in [3.63, 3.8) is 0 Å². The molecule has 1 fully saturated rings. The van der Waals surface area contributed by atoms with E-state index in [0.717, 1.165) is 11.1 Å². The van der Waals surface area contributed by atoms with Gasteiger partial charge in [-0.05, 0) is 75.0 Å². The first-order valence-corrected chi connectivity index (χ1v) is 17.5. The largest absolute Gasteiger partial charge is 0.393 e. The van der Waals surface area contributed by atoms with Crippen LogP contribution >= 0.6 is 0 Å². The first-order valence-electron chi connectivity index (χ1n) is 17.5. The van der Waals surface area contributed by atoms with Crippen molar-refractivity contribution in [3.8, 4) is 0 Å². The van der Waals surface area contributed by atoms with Crippen molar-refractivity contribution in [2.24, 2.45) is 17.4 Å². The average Bonchev–Trinajstić information content (AvgIpc) is 3.10. The fourth-order valence-corrected chi connectivity index (χ4v) is 5.88. The summed E-state index contributed by atoms with van der Waals surface area (Å²) in [7, 11) is 0. The summed E-state index contributed by atoms with van der Waals surface area (Å²) in [6.45, 7) is 4.60. The molecule has 0 bridgehead atoms. The Kier molecular flexibility index (Phi) is 16.1. The first-order chi connectivity index (χ1) is 23.4. The zero-order valence-electron chi connectivity index (χ0n) is 29.0. The number of nitrogens with one attached hydrogen (secondary N) is 3. The molecular weight excluding hydrogens is 624 g/mol. The number of rotatable bonds is 19. The summed E-state index contributed by atoms with van der Waals surface area (Å²) in [5, 5.41) is 28.6. The number of carbonyl (C=O) groups excluding carboxylic acids is 4. The Labute approximate surface area is 290 Å². The monoisotopic (exact) mass is 680 g/mol. The molecule has 0 aromatic heterocycles. The number of unbranched alkanes of at least 4 members (excludes halogenated alkanes) is 1. The predicted octanol–water partition coefficient (Wildman–Crippen LogP) is 1.16. The number of amides is 4. The SMILES string of the molecule is CC(C)CC[C@@H](NC(=O)[C@@H](Cc1ccccc1)NC(=O)[C@H](N)Cc1ccccc1)C(=O)N[C@H](CCCCN)C(=O)N1CCC(O)(CO)CC1. The van der Waals surface area contributed by atoms with Gasteiger partial charge in [0.1, 0.15) is 18.1 Å². The van der Waals surface area contributed by atoms with Crippen molar-refractivity contribution in [1.82, 2.24) is 20.9 Å². The van der Waals surface area contributed by atoms with Crippen LogP contribution in [0, 0.1) is 5.92 Å². The third-order valence-corrected chi connectivity index (χ3v) is 9.08. The summed E-state index contributed by atoms with van der Waals surface area (Å²) in [5.74, 6) is -1.54. The summed E-state index contributed by atoms with van der Waals surface area (Å²) in [6.07, 6.45) is 3.54. The number of piperidine rings is 1. The van der Waals surface area contributed by atoms with Gasteiger partial charge in [0.15, 0.2) is 0 Å². The lowest BCUT2D eigenvalue weighted by Gasteiger charge is -2.38. The van der Waals surface area contributed by atoms with Gasteiger partial charge in [-0.3, -0.25) is 19.2 Å². The Bertz CT molecular complexity index is 1320. The number of carbonyl (C=O) groups is 4. The van der Waals surface area contributed by atoms with E-state index in [-0.39, 0.29) is 50.8 Å². The van der Waals surface area contributed by atoms with Gasteiger partial charge in [0, 0.05) is 19.5 Å². The molecule has 1 saturated heterocycles. The molecule has 0 unspecified atom stereocenters. The van der Waals surface area contributed by atoms with E-state index in [4.69, 9.17) is 11.5 Å². The van der Waals surface area contributed by atoms with E-state index in [2.05, 4.69) is 16.0 Å². The lowest BCUT2D eigenvalue weighted by atomic mass is 9.92. The number of nitrogens with two attached hydrogens (primary N) is 2. The van der Waals surface area contributed by atoms with Crippen molar-refractivity contribution in [2.45, 2.75) is 101 Å². The van der Waals surface area contributed by atoms with E-state index in [0.29, 0.717) is 45.1 Å². The molecule has 0 spiro atoms. The fraction of sp³-hybridized carbons (Fsp3) is 0.568. The van der Waals surface area contributed by atoms with Crippen molar-refractivity contribution in [1.29, 1.82) is 0 Å². The maximum atomic E-state index is 13.9. The van der Waals surface area contributed by atoms with E-state index < -0.39 is 47.5 Å². The molecule has 1 heterocycles. The van der Waals surface area contributed by atoms with Crippen LogP contribution in [-0.2, 0) is 32.0 Å². The second kappa shape index (κ2) is 20.0. The standard InChI is InChI=1S/C37H56N6O6/c1-26(2)16-17-30(34(46)41-31(15-9-10-20-38)36(48)43-21-18-37(49,25-44)19-22-43)40-35(47)32(24-28-13-7-4-8-14-28)42-33(45)29(39)23-27-11-5-3-6-12-27/h3-8,11-14,26,29-32,44,49H,9-10,15-25,38-39H2,1-2H3,(H,40,47)(H,41,46)(H,42,45)/t29-,30-,31-,32-/m1/s1. The van der Waals surface area contributed by atoms with Gasteiger partial charge >= 0.3 is 0 Å². The van der Waals surface area contributed by atoms with E-state index in [9.17, 15) is 29.4 Å². The van der Waals surface area contributed by atoms with Crippen LogP contribution in [0.3, 0.4) is 0 Å². The summed E-state index contributed by atoms with van der Waals surface area (Å²) in [5.41, 5.74) is 12.5. The molecule has 12 heteroatoms. The number of aliphatic hydroxyl groups excluding tert-OH is 1. The van der Waals surface area contributed by atoms with E-state index in [1.165, 1.54) is 0 Å². The zero-order valence-corrected chi connectivity index (χ0v) is 29.0. The van der Waals surface area contributed by atoms with Gasteiger partial charge in [0.05, 0.1) is 18.2 Å². The van der Waals surface area contributed by atoms with Crippen LogP contribution in [0.15, 0.2) is 60.7 Å². The minimum absolute atomic E-state index is 0.185. The van der Waals surface area contributed by atoms with Crippen LogP contribution < -0.4 is 27.4 Å². The van der Waals surface area contributed by atoms with Crippen molar-refractivity contribution < 1.29 is 29.4 Å². The van der Waals surface area contributed by atoms with Crippen LogP contribution in [0.25, 0.3) is 0 Å². The molecule has 0 radical (unpaired) electrons. The molecular formula is C37H56N6O6. The topological polar surface area (TPSA) is 200 Å². The second-order valence-corrected chi connectivity index (χ2v) is 13.6. The quantitative estimate of drug-likeness (QED) is 0.107. The Balaban J connectivity index is 1.78. The molecule has 4 atom stereocenters. The molecule has 4 amide bonds. The predicted molar refractivity (Wildman–Crippen MR) is 189 cm³/mol. The Morgan fingerprint density at radius 2 is 1.29 bits per heavy atom. The van der Waals surface area contributed by atoms with Crippen LogP contribution in [0.2, 0.25) is 0 Å². The third kappa shape index (κ3) is 13.2. The van der Waals surface area contributed by atoms with Gasteiger partial charge in [-0.2, -0.15) is 0 Å². The molecule has 0 saturated carbocycles. The summed E-state index contributed by atoms with van der Waals surface area (Å²) < 4.78 is 0. The Morgan fingerprint density at radius 1 is 0.755 bits per heavy atom. The number of hydrogen-bond donors (Lipinski definition) is 7. The minimum atomic E-state index is -1.22. The number of hydrogen-bond acceptors (Lipinski definition) is 8. The van der Waals surface area contributed by atoms with Gasteiger partial charge in [0.2, 0.25) is 23.6 Å². The minimum Gasteiger partial charge on any atom is -0.393 e. The second-order valence-electron chi connectivity index (χ2n) is 13.6. The maximum absolute atomic E-state index is 13.9. The van der Waals surface area contributed by atoms with Gasteiger partial charge in [-0.15, -0.1) is 0 Å². The molecule has 12 nitrogen and oxygen atoms in total. The Hall–Kier alpha value is -3.84. The first kappa shape index (κ1) is 39.6. The van der Waals surface area contributed by atoms with Gasteiger partial charge in [-0.1, -0.05) is 74.5 Å². The van der Waals surface area contributed by atoms with Crippen molar-refractivity contribution in [2.75, 3.05) is 26.2 Å². The van der Waals surface area contributed by atoms with Crippen LogP contribution in [0.1, 0.15) is 69.9 Å². The number of aliphatic hydroxyl groups is 2. The summed E-state index contributed by atoms with van der Waals surface area (Å²) in [4.78, 5) is 56.3. The molecule has 1 aliphatic rings. The average molecular weight is 681 g/mol. The van der Waals surface area contributed by atoms with Gasteiger partial charge in [-0.25, -0.2) is 0 Å². The van der Waals surface area contributed by atoms with Crippen molar-refractivity contribution >= 4 is 23.6 Å². The highest BCUT2D eigenvalue weighted by molar-refractivity contribution is 5.95. The van der Waals surface area contributed by atoms with Crippen LogP contribution in [-0.4, -0.2) is 94.8 Å². The zero-order chi connectivity index (χ0) is 35.8. The number of benzene rings is 2. The molecule has 2 aromatic rings. The normalized spacial score (nSPS) is 16.7. The van der Waals surface area contributed by atoms with Gasteiger partial charge in [0.25, 0.3) is 0 Å². The molecule has 9 N–H and O–H groups in total. The van der Waals surface area contributed by atoms with Gasteiger partial charge < -0.3 is 42.5 Å². The van der Waals surface area contributed by atoms with Crippen LogP contribution in [0.5, 0.6) is 0 Å². The molecule has 270 valence electrons. The fourth-order valence-electron chi connectivity index (χ4n) is 5.88. The highest BCUT2D eigenvalue weighted by Gasteiger charge is 2.37. The van der Waals surface area contributed by atoms with E-state index in [1.807, 2.05) is 74.5 Å². The lowest BCUT2D eigenvalue weighted by molar-refractivity contribution is -0.142. The lowest BCUT2D eigenvalue weighted by Crippen LogP contribution is -2.59. The summed E-state index contributed by atoms with van der Waals surface area (Å²) in [6, 6.07) is 14.9. The highest BCUT2D eigenvalue weighted by atomic mass is 16.3. The number of nitrogens with zero attached hydrogens (tertiary/aromatic N) is 1. The molecule has 1 aliphatic heterocycles. The third-order valence-electron chi connectivity index (χ3n) is 9.08. The molecule has 3 rings (SSSR count). The van der Waals surface area contributed by atoms with E-state index >= 15 is 0 Å². The Morgan fingerprint density at radius 3 is 1.84 bits per heavy atom. The highest BCUT2D eigenvalue weighted by Crippen LogP contribution is 2.22. The summed E-state index contributed by atoms with van der Waals surface area (Å²) >= 11 is 0. The number of likely N-dealkylation sites (tertiary alicyclic amines) is 1. The molecule has 0 aliphatic carbocycles. The molecule has 2 aromatic carbocycles. The smallest absolute Gasteiger partial charge is 0.245 e. The maximum Gasteiger partial charge on any atom is 0.245 e.